The molecule has 108 valence electrons. The van der Waals surface area contributed by atoms with Crippen molar-refractivity contribution in [3.05, 3.63) is 30.5 Å². The molecule has 1 heterocycles. The van der Waals surface area contributed by atoms with E-state index in [1.165, 1.54) is 0 Å². The van der Waals surface area contributed by atoms with Gasteiger partial charge in [0, 0.05) is 11.6 Å². The predicted molar refractivity (Wildman–Crippen MR) is 75.9 cm³/mol. The molecule has 0 saturated carbocycles. The second-order valence-corrected chi connectivity index (χ2v) is 4.63. The van der Waals surface area contributed by atoms with Gasteiger partial charge in [-0.2, -0.15) is 0 Å². The van der Waals surface area contributed by atoms with E-state index in [0.717, 1.165) is 16.5 Å². The summed E-state index contributed by atoms with van der Waals surface area (Å²) in [5.41, 5.74) is -1.21. The SMILES string of the molecule is COc1ccc2c(NC(CO)(CO)CO)nccc2c1. The van der Waals surface area contributed by atoms with Crippen LogP contribution in [0.25, 0.3) is 10.8 Å². The smallest absolute Gasteiger partial charge is 0.134 e. The summed E-state index contributed by atoms with van der Waals surface area (Å²) in [6.45, 7) is -1.23. The van der Waals surface area contributed by atoms with Crippen molar-refractivity contribution >= 4 is 16.6 Å². The number of ether oxygens (including phenoxy) is 1. The second kappa shape index (κ2) is 6.04. The molecule has 0 unspecified atom stereocenters. The molecule has 1 aromatic carbocycles. The third-order valence-electron chi connectivity index (χ3n) is 3.26. The molecule has 0 atom stereocenters. The summed E-state index contributed by atoms with van der Waals surface area (Å²) >= 11 is 0. The molecule has 0 bridgehead atoms. The van der Waals surface area contributed by atoms with Gasteiger partial charge in [0.2, 0.25) is 0 Å². The Balaban J connectivity index is 2.44. The minimum absolute atomic E-state index is 0.409. The second-order valence-electron chi connectivity index (χ2n) is 4.63. The number of aliphatic hydroxyl groups excluding tert-OH is 3. The average molecular weight is 278 g/mol. The van der Waals surface area contributed by atoms with Crippen LogP contribution in [0, 0.1) is 0 Å². The molecule has 0 radical (unpaired) electrons. The number of aliphatic hydroxyl groups is 3. The Kier molecular flexibility index (Phi) is 4.39. The van der Waals surface area contributed by atoms with Crippen molar-refractivity contribution in [2.45, 2.75) is 5.54 Å². The minimum atomic E-state index is -1.21. The van der Waals surface area contributed by atoms with Gasteiger partial charge in [-0.1, -0.05) is 0 Å². The van der Waals surface area contributed by atoms with Crippen molar-refractivity contribution in [2.24, 2.45) is 0 Å². The van der Waals surface area contributed by atoms with Crippen LogP contribution in [0.3, 0.4) is 0 Å². The van der Waals surface area contributed by atoms with E-state index < -0.39 is 25.4 Å². The Labute approximate surface area is 116 Å². The van der Waals surface area contributed by atoms with E-state index in [4.69, 9.17) is 4.74 Å². The lowest BCUT2D eigenvalue weighted by Gasteiger charge is -2.29. The Morgan fingerprint density at radius 3 is 2.45 bits per heavy atom. The quantitative estimate of drug-likeness (QED) is 0.610. The summed E-state index contributed by atoms with van der Waals surface area (Å²) in [7, 11) is 1.59. The predicted octanol–water partition coefficient (Wildman–Crippen LogP) is 0.371. The van der Waals surface area contributed by atoms with E-state index in [-0.39, 0.29) is 0 Å². The Hall–Kier alpha value is -1.89. The summed E-state index contributed by atoms with van der Waals surface area (Å²) < 4.78 is 5.17. The maximum atomic E-state index is 9.36. The number of hydrogen-bond acceptors (Lipinski definition) is 6. The zero-order valence-electron chi connectivity index (χ0n) is 11.2. The van der Waals surface area contributed by atoms with Gasteiger partial charge < -0.3 is 25.4 Å². The van der Waals surface area contributed by atoms with E-state index >= 15 is 0 Å². The molecule has 0 aliphatic rings. The molecule has 0 spiro atoms. The third kappa shape index (κ3) is 2.67. The number of rotatable bonds is 6. The molecule has 1 aromatic heterocycles. The van der Waals surface area contributed by atoms with Gasteiger partial charge in [0.1, 0.15) is 17.1 Å². The summed E-state index contributed by atoms with van der Waals surface area (Å²) in [6, 6.07) is 7.33. The molecule has 0 fully saturated rings. The van der Waals surface area contributed by atoms with E-state index in [1.807, 2.05) is 18.2 Å². The van der Waals surface area contributed by atoms with Crippen molar-refractivity contribution in [3.63, 3.8) is 0 Å². The molecule has 0 aliphatic heterocycles. The minimum Gasteiger partial charge on any atom is -0.497 e. The number of hydrogen-bond donors (Lipinski definition) is 4. The van der Waals surface area contributed by atoms with E-state index in [1.54, 1.807) is 19.4 Å². The monoisotopic (exact) mass is 278 g/mol. The third-order valence-corrected chi connectivity index (χ3v) is 3.26. The number of anilines is 1. The summed E-state index contributed by atoms with van der Waals surface area (Å²) in [5.74, 6) is 1.22. The highest BCUT2D eigenvalue weighted by atomic mass is 16.5. The van der Waals surface area contributed by atoms with Crippen LogP contribution in [-0.2, 0) is 0 Å². The first-order valence-electron chi connectivity index (χ1n) is 6.21. The average Bonchev–Trinajstić information content (AvgIpc) is 2.52. The molecule has 0 amide bonds. The summed E-state index contributed by atoms with van der Waals surface area (Å²) in [5, 5.41) is 32.7. The molecule has 4 N–H and O–H groups in total. The van der Waals surface area contributed by atoms with Crippen LogP contribution in [0.2, 0.25) is 0 Å². The number of nitrogens with zero attached hydrogens (tertiary/aromatic N) is 1. The fraction of sp³-hybridized carbons (Fsp3) is 0.357. The van der Waals surface area contributed by atoms with Crippen LogP contribution >= 0.6 is 0 Å². The summed E-state index contributed by atoms with van der Waals surface area (Å²) in [4.78, 5) is 4.21. The van der Waals surface area contributed by atoms with Crippen molar-refractivity contribution in [1.29, 1.82) is 0 Å². The number of pyridine rings is 1. The Morgan fingerprint density at radius 2 is 1.85 bits per heavy atom. The number of fused-ring (bicyclic) bond motifs is 1. The molecule has 0 saturated heterocycles. The molecule has 20 heavy (non-hydrogen) atoms. The van der Waals surface area contributed by atoms with Gasteiger partial charge in [0.05, 0.1) is 26.9 Å². The number of methoxy groups -OCH3 is 1. The number of aromatic nitrogens is 1. The lowest BCUT2D eigenvalue weighted by Crippen LogP contribution is -2.49. The molecule has 0 aliphatic carbocycles. The Bertz CT molecular complexity index is 576. The summed E-state index contributed by atoms with van der Waals surface area (Å²) in [6.07, 6.45) is 1.61. The van der Waals surface area contributed by atoms with Crippen LogP contribution in [0.5, 0.6) is 5.75 Å². The van der Waals surface area contributed by atoms with E-state index in [0.29, 0.717) is 5.82 Å². The van der Waals surface area contributed by atoms with Gasteiger partial charge in [-0.3, -0.25) is 0 Å². The highest BCUT2D eigenvalue weighted by Crippen LogP contribution is 2.27. The molecular formula is C14H18N2O4. The number of benzene rings is 1. The standard InChI is InChI=1S/C14H18N2O4/c1-20-11-2-3-12-10(6-11)4-5-15-13(12)16-14(7-17,8-18)9-19/h2-6,17-19H,7-9H2,1H3,(H,15,16). The van der Waals surface area contributed by atoms with Crippen LogP contribution in [0.1, 0.15) is 0 Å². The van der Waals surface area contributed by atoms with Crippen molar-refractivity contribution in [2.75, 3.05) is 32.2 Å². The fourth-order valence-corrected chi connectivity index (χ4v) is 1.90. The van der Waals surface area contributed by atoms with E-state index in [9.17, 15) is 15.3 Å². The van der Waals surface area contributed by atoms with Gasteiger partial charge in [-0.25, -0.2) is 4.98 Å². The molecule has 2 aromatic rings. The van der Waals surface area contributed by atoms with Gasteiger partial charge >= 0.3 is 0 Å². The van der Waals surface area contributed by atoms with Gasteiger partial charge in [0.25, 0.3) is 0 Å². The molecule has 6 heteroatoms. The largest absolute Gasteiger partial charge is 0.497 e. The first kappa shape index (κ1) is 14.5. The van der Waals surface area contributed by atoms with Crippen LogP contribution < -0.4 is 10.1 Å². The maximum Gasteiger partial charge on any atom is 0.134 e. The van der Waals surface area contributed by atoms with E-state index in [2.05, 4.69) is 10.3 Å². The van der Waals surface area contributed by atoms with Crippen molar-refractivity contribution in [1.82, 2.24) is 4.98 Å². The molecule has 2 rings (SSSR count). The first-order chi connectivity index (χ1) is 9.68. The van der Waals surface area contributed by atoms with Crippen LogP contribution in [-0.4, -0.2) is 52.8 Å². The van der Waals surface area contributed by atoms with Gasteiger partial charge in [0.15, 0.2) is 0 Å². The van der Waals surface area contributed by atoms with Crippen molar-refractivity contribution < 1.29 is 20.1 Å². The molecular weight excluding hydrogens is 260 g/mol. The Morgan fingerprint density at radius 1 is 1.15 bits per heavy atom. The zero-order chi connectivity index (χ0) is 14.6. The molecule has 6 nitrogen and oxygen atoms in total. The highest BCUT2D eigenvalue weighted by Gasteiger charge is 2.28. The van der Waals surface area contributed by atoms with Gasteiger partial charge in [-0.15, -0.1) is 0 Å². The zero-order valence-corrected chi connectivity index (χ0v) is 11.2. The van der Waals surface area contributed by atoms with Crippen molar-refractivity contribution in [3.8, 4) is 5.75 Å². The number of nitrogens with one attached hydrogen (secondary N) is 1. The van der Waals surface area contributed by atoms with Crippen LogP contribution in [0.15, 0.2) is 30.5 Å². The van der Waals surface area contributed by atoms with Crippen LogP contribution in [0.4, 0.5) is 5.82 Å². The maximum absolute atomic E-state index is 9.36. The van der Waals surface area contributed by atoms with Gasteiger partial charge in [-0.05, 0) is 29.7 Å². The highest BCUT2D eigenvalue weighted by molar-refractivity contribution is 5.92. The lowest BCUT2D eigenvalue weighted by molar-refractivity contribution is 0.0832. The topological polar surface area (TPSA) is 94.8 Å². The fourth-order valence-electron chi connectivity index (χ4n) is 1.90. The first-order valence-corrected chi connectivity index (χ1v) is 6.21. The lowest BCUT2D eigenvalue weighted by atomic mass is 10.0. The normalized spacial score (nSPS) is 11.6.